The van der Waals surface area contributed by atoms with Crippen molar-refractivity contribution in [3.63, 3.8) is 0 Å². The zero-order valence-electron chi connectivity index (χ0n) is 31.6. The molecule has 59 heavy (non-hydrogen) atoms. The summed E-state index contributed by atoms with van der Waals surface area (Å²) in [5.74, 6) is 2.37. The molecular weight excluding hydrogens is 725 g/mol. The number of benzene rings is 7. The highest BCUT2D eigenvalue weighted by molar-refractivity contribution is 6.07. The van der Waals surface area contributed by atoms with Crippen LogP contribution < -0.4 is 0 Å². The van der Waals surface area contributed by atoms with E-state index in [4.69, 9.17) is 34.3 Å². The lowest BCUT2D eigenvalue weighted by molar-refractivity contribution is 0.653. The van der Waals surface area contributed by atoms with Crippen molar-refractivity contribution in [1.82, 2.24) is 29.9 Å². The SMILES string of the molecule is c1ccc(-c2ccc(-c3nc(-c4ccccc4)nc(-c4ccc(-c5nc(-c6ccc7ccccc7c6)nc6c5oc5ncc(-c7ccccc7)cc56)cc4)n3)cc2)cc1. The van der Waals surface area contributed by atoms with Crippen molar-refractivity contribution in [2.75, 3.05) is 0 Å². The van der Waals surface area contributed by atoms with Crippen molar-refractivity contribution in [1.29, 1.82) is 0 Å². The monoisotopic (exact) mass is 756 g/mol. The van der Waals surface area contributed by atoms with Crippen molar-refractivity contribution in [3.8, 4) is 79.1 Å². The minimum Gasteiger partial charge on any atom is -0.434 e. The first kappa shape index (κ1) is 34.1. The molecular formula is C52H32N6O. The number of hydrogen-bond donors (Lipinski definition) is 0. The molecule has 0 bridgehead atoms. The van der Waals surface area contributed by atoms with E-state index in [0.717, 1.165) is 66.2 Å². The van der Waals surface area contributed by atoms with E-state index in [1.807, 2.05) is 109 Å². The summed E-state index contributed by atoms with van der Waals surface area (Å²) in [6, 6.07) is 63.8. The van der Waals surface area contributed by atoms with Crippen LogP contribution >= 0.6 is 0 Å². The average Bonchev–Trinajstić information content (AvgIpc) is 3.70. The average molecular weight is 757 g/mol. The van der Waals surface area contributed by atoms with E-state index in [1.54, 1.807) is 0 Å². The van der Waals surface area contributed by atoms with E-state index in [-0.39, 0.29) is 0 Å². The summed E-state index contributed by atoms with van der Waals surface area (Å²) < 4.78 is 6.50. The molecule has 4 aromatic heterocycles. The maximum Gasteiger partial charge on any atom is 0.229 e. The third-order valence-electron chi connectivity index (χ3n) is 10.6. The maximum absolute atomic E-state index is 6.50. The van der Waals surface area contributed by atoms with Gasteiger partial charge in [0.15, 0.2) is 28.9 Å². The number of pyridine rings is 1. The second-order valence-corrected chi connectivity index (χ2v) is 14.4. The predicted molar refractivity (Wildman–Crippen MR) is 236 cm³/mol. The smallest absolute Gasteiger partial charge is 0.229 e. The Hall–Kier alpha value is -8.16. The van der Waals surface area contributed by atoms with Crippen LogP contribution in [0.1, 0.15) is 0 Å². The van der Waals surface area contributed by atoms with Crippen molar-refractivity contribution >= 4 is 33.0 Å². The van der Waals surface area contributed by atoms with Crippen LogP contribution in [0, 0.1) is 0 Å². The highest BCUT2D eigenvalue weighted by Crippen LogP contribution is 2.38. The summed E-state index contributed by atoms with van der Waals surface area (Å²) in [4.78, 5) is 30.0. The minimum absolute atomic E-state index is 0.505. The second-order valence-electron chi connectivity index (χ2n) is 14.4. The molecule has 11 rings (SSSR count). The van der Waals surface area contributed by atoms with E-state index in [1.165, 1.54) is 0 Å². The van der Waals surface area contributed by atoms with Crippen LogP contribution in [0.2, 0.25) is 0 Å². The number of furan rings is 1. The molecule has 0 aliphatic heterocycles. The van der Waals surface area contributed by atoms with Gasteiger partial charge in [-0.15, -0.1) is 0 Å². The molecule has 0 saturated heterocycles. The maximum atomic E-state index is 6.50. The first-order valence-electron chi connectivity index (χ1n) is 19.4. The molecule has 0 aliphatic carbocycles. The van der Waals surface area contributed by atoms with E-state index in [9.17, 15) is 0 Å². The first-order valence-corrected chi connectivity index (χ1v) is 19.4. The van der Waals surface area contributed by atoms with Gasteiger partial charge in [-0.05, 0) is 39.6 Å². The molecule has 0 fully saturated rings. The Morgan fingerprint density at radius 1 is 0.322 bits per heavy atom. The summed E-state index contributed by atoms with van der Waals surface area (Å²) in [5, 5.41) is 3.09. The highest BCUT2D eigenvalue weighted by Gasteiger charge is 2.21. The zero-order valence-corrected chi connectivity index (χ0v) is 31.6. The first-order chi connectivity index (χ1) is 29.2. The molecule has 0 N–H and O–H groups in total. The molecule has 0 amide bonds. The van der Waals surface area contributed by atoms with E-state index < -0.39 is 0 Å². The topological polar surface area (TPSA) is 90.5 Å². The predicted octanol–water partition coefficient (Wildman–Crippen LogP) is 12.8. The molecule has 276 valence electrons. The van der Waals surface area contributed by atoms with Gasteiger partial charge < -0.3 is 4.42 Å². The number of rotatable bonds is 7. The molecule has 0 aliphatic rings. The van der Waals surface area contributed by atoms with Crippen LogP contribution in [0.25, 0.3) is 112 Å². The molecule has 7 nitrogen and oxygen atoms in total. The Morgan fingerprint density at radius 3 is 1.41 bits per heavy atom. The summed E-state index contributed by atoms with van der Waals surface area (Å²) in [5.41, 5.74) is 11.2. The molecule has 0 spiro atoms. The lowest BCUT2D eigenvalue weighted by Gasteiger charge is -2.10. The van der Waals surface area contributed by atoms with Gasteiger partial charge in [0.25, 0.3) is 0 Å². The van der Waals surface area contributed by atoms with Crippen LogP contribution in [-0.2, 0) is 0 Å². The fraction of sp³-hybridized carbons (Fsp3) is 0. The summed E-state index contributed by atoms with van der Waals surface area (Å²) in [6.07, 6.45) is 1.84. The quantitative estimate of drug-likeness (QED) is 0.160. The van der Waals surface area contributed by atoms with Gasteiger partial charge in [-0.2, -0.15) is 0 Å². The molecule has 0 atom stereocenters. The minimum atomic E-state index is 0.505. The van der Waals surface area contributed by atoms with Crippen LogP contribution in [0.4, 0.5) is 0 Å². The Bertz CT molecular complexity index is 3300. The number of aromatic nitrogens is 6. The van der Waals surface area contributed by atoms with Gasteiger partial charge in [-0.3, -0.25) is 0 Å². The van der Waals surface area contributed by atoms with Crippen molar-refractivity contribution in [2.45, 2.75) is 0 Å². The lowest BCUT2D eigenvalue weighted by Crippen LogP contribution is -2.00. The fourth-order valence-electron chi connectivity index (χ4n) is 7.54. The van der Waals surface area contributed by atoms with Gasteiger partial charge in [0.1, 0.15) is 11.2 Å². The molecule has 7 aromatic carbocycles. The van der Waals surface area contributed by atoms with Gasteiger partial charge in [0, 0.05) is 39.6 Å². The highest BCUT2D eigenvalue weighted by atomic mass is 16.3. The Balaban J connectivity index is 1.03. The Morgan fingerprint density at radius 2 is 0.780 bits per heavy atom. The van der Waals surface area contributed by atoms with Crippen LogP contribution in [0.3, 0.4) is 0 Å². The Labute approximate surface area is 339 Å². The van der Waals surface area contributed by atoms with Gasteiger partial charge >= 0.3 is 0 Å². The Kier molecular flexibility index (Phi) is 8.33. The third kappa shape index (κ3) is 6.46. The van der Waals surface area contributed by atoms with Gasteiger partial charge in [-0.25, -0.2) is 29.9 Å². The van der Waals surface area contributed by atoms with Gasteiger partial charge in [-0.1, -0.05) is 176 Å². The van der Waals surface area contributed by atoms with Crippen molar-refractivity contribution in [3.05, 3.63) is 194 Å². The molecule has 0 radical (unpaired) electrons. The fourth-order valence-corrected chi connectivity index (χ4v) is 7.54. The number of nitrogens with zero attached hydrogens (tertiary/aromatic N) is 6. The lowest BCUT2D eigenvalue weighted by atomic mass is 10.0. The van der Waals surface area contributed by atoms with Crippen molar-refractivity contribution < 1.29 is 4.42 Å². The summed E-state index contributed by atoms with van der Waals surface area (Å²) in [6.45, 7) is 0. The van der Waals surface area contributed by atoms with Crippen molar-refractivity contribution in [2.24, 2.45) is 0 Å². The van der Waals surface area contributed by atoms with Crippen LogP contribution in [0.5, 0.6) is 0 Å². The van der Waals surface area contributed by atoms with E-state index in [2.05, 4.69) is 84.9 Å². The molecule has 11 aromatic rings. The largest absolute Gasteiger partial charge is 0.434 e. The summed E-state index contributed by atoms with van der Waals surface area (Å²) >= 11 is 0. The number of hydrogen-bond acceptors (Lipinski definition) is 7. The molecule has 7 heteroatoms. The van der Waals surface area contributed by atoms with E-state index in [0.29, 0.717) is 45.8 Å². The molecule has 0 unspecified atom stereocenters. The zero-order chi connectivity index (χ0) is 39.1. The van der Waals surface area contributed by atoms with Gasteiger partial charge in [0.05, 0.1) is 5.39 Å². The third-order valence-corrected chi connectivity index (χ3v) is 10.6. The van der Waals surface area contributed by atoms with E-state index >= 15 is 0 Å². The standard InChI is InChI=1S/C52H32N6O/c1-4-12-33(13-5-1)36-20-25-39(26-21-36)49-56-48(38-17-8-3-9-18-38)57-50(58-49)40-27-23-37(24-28-40)45-47-46(44-31-43(32-53-52(44)59-47)34-14-6-2-7-15-34)55-51(54-45)42-29-22-35-16-10-11-19-41(35)30-42/h1-32H. The second kappa shape index (κ2) is 14.4. The normalized spacial score (nSPS) is 11.4. The number of fused-ring (bicyclic) bond motifs is 4. The van der Waals surface area contributed by atoms with Gasteiger partial charge in [0.2, 0.25) is 5.71 Å². The van der Waals surface area contributed by atoms with Crippen LogP contribution in [0.15, 0.2) is 199 Å². The summed E-state index contributed by atoms with van der Waals surface area (Å²) in [7, 11) is 0. The molecule has 0 saturated carbocycles. The van der Waals surface area contributed by atoms with Crippen LogP contribution in [-0.4, -0.2) is 29.9 Å². The molecule has 4 heterocycles.